The molecule has 2 heterocycles. The summed E-state index contributed by atoms with van der Waals surface area (Å²) in [5.74, 6) is 0.372. The number of pyridine rings is 1. The summed E-state index contributed by atoms with van der Waals surface area (Å²) >= 11 is 0. The number of hydrogen-bond acceptors (Lipinski definition) is 5. The number of carbonyl (C=O) groups is 2. The van der Waals surface area contributed by atoms with Gasteiger partial charge in [0.05, 0.1) is 16.9 Å². The Morgan fingerprint density at radius 3 is 2.62 bits per heavy atom. The molecule has 2 amide bonds. The summed E-state index contributed by atoms with van der Waals surface area (Å²) in [4.78, 5) is 30.0. The van der Waals surface area contributed by atoms with Crippen molar-refractivity contribution in [1.29, 1.82) is 0 Å². The van der Waals surface area contributed by atoms with E-state index in [4.69, 9.17) is 4.42 Å². The van der Waals surface area contributed by atoms with Gasteiger partial charge in [-0.05, 0) is 63.1 Å². The predicted octanol–water partition coefficient (Wildman–Crippen LogP) is 5.17. The lowest BCUT2D eigenvalue weighted by Gasteiger charge is -2.13. The molecule has 0 spiro atoms. The monoisotopic (exact) mass is 452 g/mol. The third-order valence-corrected chi connectivity index (χ3v) is 6.03. The molecular weight excluding hydrogens is 428 g/mol. The molecule has 2 aromatic carbocycles. The average Bonchev–Trinajstić information content (AvgIpc) is 3.20. The predicted molar refractivity (Wildman–Crippen MR) is 131 cm³/mol. The van der Waals surface area contributed by atoms with Crippen LogP contribution in [0.2, 0.25) is 0 Å². The van der Waals surface area contributed by atoms with Crippen molar-refractivity contribution in [3.05, 3.63) is 94.6 Å². The zero-order valence-electron chi connectivity index (χ0n) is 19.0. The fraction of sp³-hybridized carbons (Fsp3) is 0.185. The number of rotatable bonds is 4. The van der Waals surface area contributed by atoms with Crippen molar-refractivity contribution in [2.24, 2.45) is 5.10 Å². The number of hydrazone groups is 1. The molecule has 2 aromatic heterocycles. The quantitative estimate of drug-likeness (QED) is 0.418. The summed E-state index contributed by atoms with van der Waals surface area (Å²) in [6.45, 7) is 3.82. The third kappa shape index (κ3) is 4.08. The van der Waals surface area contributed by atoms with Gasteiger partial charge in [-0.25, -0.2) is 5.43 Å². The van der Waals surface area contributed by atoms with Gasteiger partial charge in [0.15, 0.2) is 5.76 Å². The number of carbonyl (C=O) groups excluding carboxylic acids is 2. The number of furan rings is 1. The highest BCUT2D eigenvalue weighted by Crippen LogP contribution is 2.31. The van der Waals surface area contributed by atoms with Crippen molar-refractivity contribution in [3.8, 4) is 0 Å². The Labute approximate surface area is 196 Å². The van der Waals surface area contributed by atoms with E-state index in [0.29, 0.717) is 29.7 Å². The van der Waals surface area contributed by atoms with E-state index in [9.17, 15) is 9.59 Å². The maximum Gasteiger partial charge on any atom is 0.291 e. The van der Waals surface area contributed by atoms with Gasteiger partial charge in [-0.2, -0.15) is 5.10 Å². The number of nitrogens with zero attached hydrogens (tertiary/aromatic N) is 2. The number of hydrogen-bond donors (Lipinski definition) is 2. The van der Waals surface area contributed by atoms with Crippen molar-refractivity contribution in [2.75, 3.05) is 5.32 Å². The van der Waals surface area contributed by atoms with Gasteiger partial charge in [0.25, 0.3) is 11.8 Å². The number of anilines is 1. The summed E-state index contributed by atoms with van der Waals surface area (Å²) in [5.41, 5.74) is 7.99. The molecule has 2 N–H and O–H groups in total. The topological polar surface area (TPSA) is 96.6 Å². The molecule has 5 rings (SSSR count). The summed E-state index contributed by atoms with van der Waals surface area (Å²) in [6.07, 6.45) is 3.95. The van der Waals surface area contributed by atoms with E-state index < -0.39 is 0 Å². The van der Waals surface area contributed by atoms with Crippen LogP contribution in [0.15, 0.2) is 70.3 Å². The Morgan fingerprint density at radius 2 is 1.79 bits per heavy atom. The van der Waals surface area contributed by atoms with E-state index in [1.807, 2.05) is 56.3 Å². The lowest BCUT2D eigenvalue weighted by atomic mass is 9.93. The van der Waals surface area contributed by atoms with Crippen LogP contribution in [0.5, 0.6) is 0 Å². The summed E-state index contributed by atoms with van der Waals surface area (Å²) < 4.78 is 6.00. The molecule has 1 aliphatic carbocycles. The maximum absolute atomic E-state index is 13.1. The Morgan fingerprint density at radius 1 is 0.971 bits per heavy atom. The van der Waals surface area contributed by atoms with Gasteiger partial charge in [-0.15, -0.1) is 0 Å². The SMILES string of the molecule is Cc1ccc(C(=O)N/N=C2\CCCc3oc(C(=O)Nc4cccc5ncccc45)c(C)c32)cc1. The van der Waals surface area contributed by atoms with Crippen LogP contribution in [0.25, 0.3) is 10.9 Å². The second kappa shape index (κ2) is 8.94. The van der Waals surface area contributed by atoms with Crippen LogP contribution in [-0.2, 0) is 6.42 Å². The molecule has 0 saturated carbocycles. The zero-order chi connectivity index (χ0) is 23.7. The van der Waals surface area contributed by atoms with Gasteiger partial charge in [-0.1, -0.05) is 23.8 Å². The summed E-state index contributed by atoms with van der Waals surface area (Å²) in [5, 5.41) is 8.21. The number of aromatic nitrogens is 1. The first-order valence-corrected chi connectivity index (χ1v) is 11.2. The standard InChI is InChI=1S/C27H24N4O3/c1-16-11-13-18(14-12-16)26(32)31-30-22-9-4-10-23-24(22)17(2)25(34-23)27(33)29-21-8-3-7-20-19(21)6-5-15-28-20/h3,5-8,11-15H,4,9-10H2,1-2H3,(H,29,33)(H,31,32)/b30-22+. The molecule has 1 aliphatic rings. The highest BCUT2D eigenvalue weighted by atomic mass is 16.4. The Hall–Kier alpha value is -4.26. The van der Waals surface area contributed by atoms with Gasteiger partial charge in [0.1, 0.15) is 5.76 Å². The van der Waals surface area contributed by atoms with Crippen LogP contribution >= 0.6 is 0 Å². The first-order chi connectivity index (χ1) is 16.5. The second-order valence-electron chi connectivity index (χ2n) is 8.40. The van der Waals surface area contributed by atoms with Crippen LogP contribution in [-0.4, -0.2) is 22.5 Å². The van der Waals surface area contributed by atoms with Crippen molar-refractivity contribution < 1.29 is 14.0 Å². The molecule has 7 heteroatoms. The molecular formula is C27H24N4O3. The third-order valence-electron chi connectivity index (χ3n) is 6.03. The van der Waals surface area contributed by atoms with Gasteiger partial charge in [0.2, 0.25) is 0 Å². The summed E-state index contributed by atoms with van der Waals surface area (Å²) in [7, 11) is 0. The molecule has 0 radical (unpaired) electrons. The van der Waals surface area contributed by atoms with Crippen LogP contribution in [0, 0.1) is 13.8 Å². The van der Waals surface area contributed by atoms with Crippen molar-refractivity contribution in [2.45, 2.75) is 33.1 Å². The van der Waals surface area contributed by atoms with E-state index in [-0.39, 0.29) is 17.6 Å². The molecule has 0 fully saturated rings. The van der Waals surface area contributed by atoms with Crippen molar-refractivity contribution in [1.82, 2.24) is 10.4 Å². The smallest absolute Gasteiger partial charge is 0.291 e. The van der Waals surface area contributed by atoms with Crippen molar-refractivity contribution in [3.63, 3.8) is 0 Å². The fourth-order valence-electron chi connectivity index (χ4n) is 4.28. The van der Waals surface area contributed by atoms with Gasteiger partial charge >= 0.3 is 0 Å². The lowest BCUT2D eigenvalue weighted by Crippen LogP contribution is -2.22. The average molecular weight is 453 g/mol. The van der Waals surface area contributed by atoms with Crippen LogP contribution in [0.4, 0.5) is 5.69 Å². The number of amides is 2. The minimum absolute atomic E-state index is 0.255. The van der Waals surface area contributed by atoms with Gasteiger partial charge in [0, 0.05) is 34.7 Å². The molecule has 0 unspecified atom stereocenters. The van der Waals surface area contributed by atoms with Crippen LogP contribution in [0.1, 0.15) is 56.2 Å². The molecule has 7 nitrogen and oxygen atoms in total. The number of benzene rings is 2. The molecule has 34 heavy (non-hydrogen) atoms. The number of aryl methyl sites for hydroxylation is 2. The molecule has 4 aromatic rings. The van der Waals surface area contributed by atoms with E-state index in [1.165, 1.54) is 0 Å². The maximum atomic E-state index is 13.1. The first kappa shape index (κ1) is 21.6. The van der Waals surface area contributed by atoms with E-state index in [1.54, 1.807) is 18.3 Å². The molecule has 0 atom stereocenters. The zero-order valence-corrected chi connectivity index (χ0v) is 19.0. The van der Waals surface area contributed by atoms with Crippen LogP contribution in [0.3, 0.4) is 0 Å². The van der Waals surface area contributed by atoms with Gasteiger partial charge in [-0.3, -0.25) is 14.6 Å². The van der Waals surface area contributed by atoms with Crippen LogP contribution < -0.4 is 10.7 Å². The first-order valence-electron chi connectivity index (χ1n) is 11.2. The largest absolute Gasteiger partial charge is 0.455 e. The molecule has 0 saturated heterocycles. The lowest BCUT2D eigenvalue weighted by molar-refractivity contribution is 0.0953. The molecule has 0 aliphatic heterocycles. The molecule has 170 valence electrons. The second-order valence-corrected chi connectivity index (χ2v) is 8.40. The Balaban J connectivity index is 1.40. The highest BCUT2D eigenvalue weighted by Gasteiger charge is 2.28. The number of nitrogens with one attached hydrogen (secondary N) is 2. The Kier molecular flexibility index (Phi) is 5.67. The van der Waals surface area contributed by atoms with E-state index in [2.05, 4.69) is 20.8 Å². The van der Waals surface area contributed by atoms with E-state index >= 15 is 0 Å². The molecule has 0 bridgehead atoms. The Bertz CT molecular complexity index is 1430. The normalized spacial score (nSPS) is 14.1. The van der Waals surface area contributed by atoms with Gasteiger partial charge < -0.3 is 9.73 Å². The van der Waals surface area contributed by atoms with E-state index in [0.717, 1.165) is 39.9 Å². The number of fused-ring (bicyclic) bond motifs is 2. The summed E-state index contributed by atoms with van der Waals surface area (Å²) in [6, 6.07) is 16.7. The van der Waals surface area contributed by atoms with Crippen molar-refractivity contribution >= 4 is 34.1 Å². The minimum Gasteiger partial charge on any atom is -0.455 e. The minimum atomic E-state index is -0.328. The highest BCUT2D eigenvalue weighted by molar-refractivity contribution is 6.11. The fourth-order valence-corrected chi connectivity index (χ4v) is 4.28.